The predicted molar refractivity (Wildman–Crippen MR) is 279 cm³/mol. The largest absolute Gasteiger partial charge is 0.462 e. The Morgan fingerprint density at radius 1 is 0.323 bits per heavy atom. The van der Waals surface area contributed by atoms with Gasteiger partial charge in [-0.15, -0.1) is 0 Å². The van der Waals surface area contributed by atoms with E-state index in [1.165, 1.54) is 116 Å². The lowest BCUT2D eigenvalue weighted by Gasteiger charge is -2.18. The maximum Gasteiger partial charge on any atom is 0.306 e. The number of esters is 3. The van der Waals surface area contributed by atoms with Gasteiger partial charge in [0.05, 0.1) is 0 Å². The van der Waals surface area contributed by atoms with Gasteiger partial charge in [0.2, 0.25) is 0 Å². The van der Waals surface area contributed by atoms with E-state index in [0.29, 0.717) is 19.3 Å². The van der Waals surface area contributed by atoms with Gasteiger partial charge in [-0.3, -0.25) is 14.4 Å². The molecule has 0 saturated carbocycles. The molecule has 0 saturated heterocycles. The molecule has 0 rings (SSSR count). The molecule has 65 heavy (non-hydrogen) atoms. The zero-order valence-corrected chi connectivity index (χ0v) is 42.5. The summed E-state index contributed by atoms with van der Waals surface area (Å²) in [4.78, 5) is 37.9. The van der Waals surface area contributed by atoms with Crippen molar-refractivity contribution in [2.45, 2.75) is 258 Å². The number of hydrogen-bond donors (Lipinski definition) is 0. The number of ether oxygens (including phenoxy) is 3. The van der Waals surface area contributed by atoms with Crippen molar-refractivity contribution < 1.29 is 28.6 Å². The highest BCUT2D eigenvalue weighted by Crippen LogP contribution is 2.14. The van der Waals surface area contributed by atoms with Gasteiger partial charge in [0.15, 0.2) is 6.10 Å². The van der Waals surface area contributed by atoms with Crippen LogP contribution in [0.5, 0.6) is 0 Å². The molecule has 0 aromatic heterocycles. The molecule has 0 spiro atoms. The molecule has 6 nitrogen and oxygen atoms in total. The Morgan fingerprint density at radius 2 is 0.600 bits per heavy atom. The Hall–Kier alpha value is -3.41. The highest BCUT2D eigenvalue weighted by atomic mass is 16.6. The molecule has 0 amide bonds. The van der Waals surface area contributed by atoms with Gasteiger partial charge in [0.1, 0.15) is 13.2 Å². The zero-order chi connectivity index (χ0) is 47.2. The molecular formula is C59H100O6. The maximum atomic E-state index is 12.8. The second-order valence-corrected chi connectivity index (χ2v) is 17.8. The van der Waals surface area contributed by atoms with Gasteiger partial charge in [0, 0.05) is 19.3 Å². The summed E-state index contributed by atoms with van der Waals surface area (Å²) >= 11 is 0. The fraction of sp³-hybridized carbons (Fsp3) is 0.712. The second-order valence-electron chi connectivity index (χ2n) is 17.8. The normalized spacial score (nSPS) is 12.7. The Morgan fingerprint density at radius 3 is 0.985 bits per heavy atom. The summed E-state index contributed by atoms with van der Waals surface area (Å²) in [7, 11) is 0. The van der Waals surface area contributed by atoms with Crippen LogP contribution in [0, 0.1) is 0 Å². The summed E-state index contributed by atoms with van der Waals surface area (Å²) < 4.78 is 16.7. The van der Waals surface area contributed by atoms with Crippen LogP contribution >= 0.6 is 0 Å². The number of allylic oxidation sites excluding steroid dienone is 14. The third kappa shape index (κ3) is 51.4. The molecule has 0 fully saturated rings. The van der Waals surface area contributed by atoms with E-state index in [9.17, 15) is 14.4 Å². The standard InChI is InChI=1S/C59H100O6/c1-4-7-10-13-16-18-20-22-24-26-28-29-31-32-34-36-38-40-43-46-49-52-58(61)64-55-56(54-63-57(60)51-48-45-42-15-12-9-6-3)65-59(62)53-50-47-44-41-39-37-35-33-30-27-25-23-21-19-17-14-11-8-5-2/h7,10,16,18,22-25,28-29,32,34,38,40,56H,4-6,8-9,11-15,17,19-21,26-27,30-31,33,35-37,39,41-55H2,1-3H3/b10-7-,18-16-,24-22-,25-23-,29-28-,34-32-,40-38-. The monoisotopic (exact) mass is 905 g/mol. The Balaban J connectivity index is 4.32. The second kappa shape index (κ2) is 53.2. The van der Waals surface area contributed by atoms with Gasteiger partial charge < -0.3 is 14.2 Å². The molecule has 0 bridgehead atoms. The lowest BCUT2D eigenvalue weighted by molar-refractivity contribution is -0.167. The van der Waals surface area contributed by atoms with Crippen LogP contribution in [0.1, 0.15) is 252 Å². The Kier molecular flexibility index (Phi) is 50.4. The van der Waals surface area contributed by atoms with Crippen LogP contribution in [-0.2, 0) is 28.6 Å². The Bertz CT molecular complexity index is 1270. The highest BCUT2D eigenvalue weighted by Gasteiger charge is 2.19. The summed E-state index contributed by atoms with van der Waals surface area (Å²) in [5.74, 6) is -0.943. The van der Waals surface area contributed by atoms with Gasteiger partial charge in [-0.25, -0.2) is 0 Å². The minimum Gasteiger partial charge on any atom is -0.462 e. The first-order valence-electron chi connectivity index (χ1n) is 27.1. The van der Waals surface area contributed by atoms with Crippen molar-refractivity contribution in [3.05, 3.63) is 85.1 Å². The number of rotatable bonds is 48. The van der Waals surface area contributed by atoms with Crippen molar-refractivity contribution in [2.75, 3.05) is 13.2 Å². The predicted octanol–water partition coefficient (Wildman–Crippen LogP) is 18.0. The van der Waals surface area contributed by atoms with Gasteiger partial charge in [-0.1, -0.05) is 221 Å². The molecular weight excluding hydrogens is 805 g/mol. The lowest BCUT2D eigenvalue weighted by atomic mass is 10.1. The van der Waals surface area contributed by atoms with E-state index in [1.807, 2.05) is 0 Å². The summed E-state index contributed by atoms with van der Waals surface area (Å²) in [6.07, 6.45) is 68.7. The molecule has 0 aromatic rings. The van der Waals surface area contributed by atoms with E-state index in [1.54, 1.807) is 0 Å². The number of unbranched alkanes of at least 4 members (excludes halogenated alkanes) is 23. The number of carbonyl (C=O) groups excluding carboxylic acids is 3. The van der Waals surface area contributed by atoms with Crippen LogP contribution in [0.2, 0.25) is 0 Å². The SMILES string of the molecule is CC/C=C\C/C=C\C/C=C\C/C=C\C/C=C\C/C=C\CCCCC(=O)OCC(COC(=O)CCCCCCCCC)OC(=O)CCCCCCCCCCC/C=C\CCCCCCCC. The summed E-state index contributed by atoms with van der Waals surface area (Å²) in [6, 6.07) is 0. The number of hydrogen-bond acceptors (Lipinski definition) is 6. The van der Waals surface area contributed by atoms with Crippen LogP contribution < -0.4 is 0 Å². The van der Waals surface area contributed by atoms with Crippen molar-refractivity contribution >= 4 is 17.9 Å². The van der Waals surface area contributed by atoms with Crippen molar-refractivity contribution in [3.8, 4) is 0 Å². The first-order chi connectivity index (χ1) is 32.0. The molecule has 372 valence electrons. The van der Waals surface area contributed by atoms with E-state index in [4.69, 9.17) is 14.2 Å². The van der Waals surface area contributed by atoms with E-state index < -0.39 is 6.10 Å². The van der Waals surface area contributed by atoms with Crippen LogP contribution in [0.4, 0.5) is 0 Å². The molecule has 0 aliphatic rings. The first-order valence-corrected chi connectivity index (χ1v) is 27.1. The van der Waals surface area contributed by atoms with Gasteiger partial charge in [-0.05, 0) is 96.3 Å². The third-order valence-corrected chi connectivity index (χ3v) is 11.4. The van der Waals surface area contributed by atoms with Crippen molar-refractivity contribution in [3.63, 3.8) is 0 Å². The van der Waals surface area contributed by atoms with Crippen molar-refractivity contribution in [2.24, 2.45) is 0 Å². The molecule has 0 aromatic carbocycles. The van der Waals surface area contributed by atoms with E-state index in [0.717, 1.165) is 96.3 Å². The fourth-order valence-corrected chi connectivity index (χ4v) is 7.32. The van der Waals surface area contributed by atoms with Gasteiger partial charge in [0.25, 0.3) is 0 Å². The minimum atomic E-state index is -0.792. The van der Waals surface area contributed by atoms with E-state index in [-0.39, 0.29) is 31.1 Å². The molecule has 0 aliphatic carbocycles. The zero-order valence-electron chi connectivity index (χ0n) is 42.5. The molecule has 0 N–H and O–H groups in total. The fourth-order valence-electron chi connectivity index (χ4n) is 7.32. The van der Waals surface area contributed by atoms with Crippen LogP contribution in [0.25, 0.3) is 0 Å². The van der Waals surface area contributed by atoms with E-state index in [2.05, 4.69) is 106 Å². The van der Waals surface area contributed by atoms with Crippen LogP contribution in [0.3, 0.4) is 0 Å². The smallest absolute Gasteiger partial charge is 0.306 e. The van der Waals surface area contributed by atoms with Crippen LogP contribution in [0.15, 0.2) is 85.1 Å². The topological polar surface area (TPSA) is 78.9 Å². The molecule has 0 heterocycles. The highest BCUT2D eigenvalue weighted by molar-refractivity contribution is 5.71. The Labute approximate surface area is 401 Å². The van der Waals surface area contributed by atoms with Gasteiger partial charge >= 0.3 is 17.9 Å². The van der Waals surface area contributed by atoms with Crippen molar-refractivity contribution in [1.29, 1.82) is 0 Å². The van der Waals surface area contributed by atoms with Crippen LogP contribution in [-0.4, -0.2) is 37.2 Å². The minimum absolute atomic E-state index is 0.0908. The average molecular weight is 905 g/mol. The summed E-state index contributed by atoms with van der Waals surface area (Å²) in [6.45, 7) is 6.44. The molecule has 1 unspecified atom stereocenters. The summed E-state index contributed by atoms with van der Waals surface area (Å²) in [5.41, 5.74) is 0. The molecule has 1 atom stereocenters. The third-order valence-electron chi connectivity index (χ3n) is 11.4. The first kappa shape index (κ1) is 61.6. The average Bonchev–Trinajstić information content (AvgIpc) is 3.30. The van der Waals surface area contributed by atoms with E-state index >= 15 is 0 Å². The maximum absolute atomic E-state index is 12.8. The lowest BCUT2D eigenvalue weighted by Crippen LogP contribution is -2.30. The van der Waals surface area contributed by atoms with Crippen molar-refractivity contribution in [1.82, 2.24) is 0 Å². The molecule has 6 heteroatoms. The molecule has 0 radical (unpaired) electrons. The number of carbonyl (C=O) groups is 3. The summed E-state index contributed by atoms with van der Waals surface area (Å²) in [5, 5.41) is 0. The molecule has 0 aliphatic heterocycles. The quantitative estimate of drug-likeness (QED) is 0.0262. The van der Waals surface area contributed by atoms with Gasteiger partial charge in [-0.2, -0.15) is 0 Å².